The summed E-state index contributed by atoms with van der Waals surface area (Å²) in [6.07, 6.45) is 3.90. The van der Waals surface area contributed by atoms with Gasteiger partial charge in [0, 0.05) is 30.9 Å². The Morgan fingerprint density at radius 3 is 2.57 bits per heavy atom. The topological polar surface area (TPSA) is 46.0 Å². The van der Waals surface area contributed by atoms with Crippen LogP contribution in [0.15, 0.2) is 48.8 Å². The van der Waals surface area contributed by atoms with E-state index >= 15 is 0 Å². The highest BCUT2D eigenvalue weighted by atomic mass is 15.2. The molecule has 0 fully saturated rings. The summed E-state index contributed by atoms with van der Waals surface area (Å²) in [7, 11) is 4.12. The molecule has 3 rings (SSSR count). The number of nitrogens with one attached hydrogen (secondary N) is 1. The normalized spacial score (nSPS) is 11.2. The maximum Gasteiger partial charge on any atom is 0.236 e. The fourth-order valence-electron chi connectivity index (χ4n) is 2.18. The molecule has 5 heteroatoms. The Bertz CT molecular complexity index is 719. The summed E-state index contributed by atoms with van der Waals surface area (Å²) in [6, 6.07) is 12.0. The van der Waals surface area contributed by atoms with Crippen LogP contribution in [0.3, 0.4) is 0 Å². The van der Waals surface area contributed by atoms with E-state index in [0.29, 0.717) is 5.95 Å². The molecule has 1 aromatic carbocycles. The van der Waals surface area contributed by atoms with Gasteiger partial charge in [-0.15, -0.1) is 0 Å². The van der Waals surface area contributed by atoms with Gasteiger partial charge < -0.3 is 10.2 Å². The van der Waals surface area contributed by atoms with Crippen LogP contribution in [-0.4, -0.2) is 46.6 Å². The Balaban J connectivity index is 1.99. The van der Waals surface area contributed by atoms with E-state index in [4.69, 9.17) is 0 Å². The molecular formula is C16H19N5. The van der Waals surface area contributed by atoms with Crippen LogP contribution in [0.25, 0.3) is 16.9 Å². The number of rotatable bonds is 5. The summed E-state index contributed by atoms with van der Waals surface area (Å²) in [6.45, 7) is 1.80. The van der Waals surface area contributed by atoms with E-state index in [2.05, 4.69) is 34.3 Å². The maximum absolute atomic E-state index is 4.66. The fraction of sp³-hybridized carbons (Fsp3) is 0.250. The summed E-state index contributed by atoms with van der Waals surface area (Å²) in [5.74, 6) is 1.57. The molecule has 0 saturated carbocycles. The number of benzene rings is 1. The standard InChI is InChI=1S/C16H19N5/c1-20(2)12-9-17-15-13-7-3-4-8-14(13)18-16(19-15)21-10-5-6-11-21/h3-8,10-11H,9,12H2,1-2H3,(H,17,18,19). The molecule has 21 heavy (non-hydrogen) atoms. The van der Waals surface area contributed by atoms with Crippen LogP contribution >= 0.6 is 0 Å². The molecule has 1 N–H and O–H groups in total. The molecule has 0 radical (unpaired) electrons. The van der Waals surface area contributed by atoms with Crippen molar-refractivity contribution in [1.29, 1.82) is 0 Å². The molecule has 0 saturated heterocycles. The highest BCUT2D eigenvalue weighted by Crippen LogP contribution is 2.21. The lowest BCUT2D eigenvalue weighted by Crippen LogP contribution is -2.21. The lowest BCUT2D eigenvalue weighted by molar-refractivity contribution is 0.425. The first-order valence-electron chi connectivity index (χ1n) is 7.03. The van der Waals surface area contributed by atoms with Crippen molar-refractivity contribution < 1.29 is 0 Å². The van der Waals surface area contributed by atoms with E-state index in [1.165, 1.54) is 0 Å². The molecule has 0 bridgehead atoms. The van der Waals surface area contributed by atoms with Crippen molar-refractivity contribution in [3.05, 3.63) is 48.8 Å². The number of anilines is 1. The van der Waals surface area contributed by atoms with Crippen LogP contribution in [0.5, 0.6) is 0 Å². The van der Waals surface area contributed by atoms with Crippen LogP contribution < -0.4 is 5.32 Å². The van der Waals surface area contributed by atoms with Gasteiger partial charge in [0.05, 0.1) is 5.52 Å². The third kappa shape index (κ3) is 3.03. The predicted octanol–water partition coefficient (Wildman–Crippen LogP) is 2.39. The zero-order valence-corrected chi connectivity index (χ0v) is 12.3. The summed E-state index contributed by atoms with van der Waals surface area (Å²) in [4.78, 5) is 11.4. The zero-order chi connectivity index (χ0) is 14.7. The van der Waals surface area contributed by atoms with E-state index in [1.54, 1.807) is 0 Å². The van der Waals surface area contributed by atoms with Crippen molar-refractivity contribution in [2.75, 3.05) is 32.5 Å². The second-order valence-electron chi connectivity index (χ2n) is 5.21. The van der Waals surface area contributed by atoms with E-state index in [1.807, 2.05) is 53.4 Å². The van der Waals surface area contributed by atoms with Crippen molar-refractivity contribution in [3.63, 3.8) is 0 Å². The minimum absolute atomic E-state index is 0.686. The van der Waals surface area contributed by atoms with Gasteiger partial charge in [0.15, 0.2) is 0 Å². The number of nitrogens with zero attached hydrogens (tertiary/aromatic N) is 4. The highest BCUT2D eigenvalue weighted by molar-refractivity contribution is 5.89. The van der Waals surface area contributed by atoms with E-state index in [0.717, 1.165) is 29.8 Å². The molecule has 3 aromatic rings. The average Bonchev–Trinajstić information content (AvgIpc) is 3.01. The van der Waals surface area contributed by atoms with E-state index < -0.39 is 0 Å². The van der Waals surface area contributed by atoms with Crippen molar-refractivity contribution in [2.24, 2.45) is 0 Å². The van der Waals surface area contributed by atoms with Gasteiger partial charge >= 0.3 is 0 Å². The van der Waals surface area contributed by atoms with Gasteiger partial charge in [-0.25, -0.2) is 4.98 Å². The molecule has 2 aromatic heterocycles. The smallest absolute Gasteiger partial charge is 0.236 e. The fourth-order valence-corrected chi connectivity index (χ4v) is 2.18. The van der Waals surface area contributed by atoms with Gasteiger partial charge in [0.2, 0.25) is 5.95 Å². The van der Waals surface area contributed by atoms with Crippen LogP contribution in [0.1, 0.15) is 0 Å². The van der Waals surface area contributed by atoms with Gasteiger partial charge in [-0.3, -0.25) is 4.57 Å². The minimum atomic E-state index is 0.686. The van der Waals surface area contributed by atoms with Gasteiger partial charge in [-0.1, -0.05) is 12.1 Å². The first-order valence-corrected chi connectivity index (χ1v) is 7.03. The third-order valence-electron chi connectivity index (χ3n) is 3.28. The van der Waals surface area contributed by atoms with Crippen LogP contribution in [0.4, 0.5) is 5.82 Å². The van der Waals surface area contributed by atoms with E-state index in [9.17, 15) is 0 Å². The molecule has 0 aliphatic heterocycles. The van der Waals surface area contributed by atoms with Crippen molar-refractivity contribution >= 4 is 16.7 Å². The molecule has 0 aliphatic carbocycles. The Morgan fingerprint density at radius 2 is 1.81 bits per heavy atom. The molecule has 0 atom stereocenters. The van der Waals surface area contributed by atoms with Gasteiger partial charge in [0.25, 0.3) is 0 Å². The molecule has 5 nitrogen and oxygen atoms in total. The van der Waals surface area contributed by atoms with Crippen molar-refractivity contribution in [3.8, 4) is 5.95 Å². The quantitative estimate of drug-likeness (QED) is 0.780. The number of hydrogen-bond donors (Lipinski definition) is 1. The monoisotopic (exact) mass is 281 g/mol. The first kappa shape index (κ1) is 13.6. The molecule has 2 heterocycles. The van der Waals surface area contributed by atoms with E-state index in [-0.39, 0.29) is 0 Å². The zero-order valence-electron chi connectivity index (χ0n) is 12.3. The summed E-state index contributed by atoms with van der Waals surface area (Å²) in [5.41, 5.74) is 0.948. The van der Waals surface area contributed by atoms with Crippen LogP contribution in [0, 0.1) is 0 Å². The molecule has 0 aliphatic rings. The van der Waals surface area contributed by atoms with Gasteiger partial charge in [0.1, 0.15) is 5.82 Å². The average molecular weight is 281 g/mol. The number of likely N-dealkylation sites (N-methyl/N-ethyl adjacent to an activating group) is 1. The molecular weight excluding hydrogens is 262 g/mol. The number of para-hydroxylation sites is 1. The predicted molar refractivity (Wildman–Crippen MR) is 85.9 cm³/mol. The Morgan fingerprint density at radius 1 is 1.05 bits per heavy atom. The maximum atomic E-state index is 4.66. The lowest BCUT2D eigenvalue weighted by Gasteiger charge is -2.13. The van der Waals surface area contributed by atoms with Gasteiger partial charge in [-0.2, -0.15) is 4.98 Å². The minimum Gasteiger partial charge on any atom is -0.368 e. The summed E-state index contributed by atoms with van der Waals surface area (Å²) < 4.78 is 1.92. The summed E-state index contributed by atoms with van der Waals surface area (Å²) in [5, 5.41) is 4.46. The number of fused-ring (bicyclic) bond motifs is 1. The van der Waals surface area contributed by atoms with Crippen LogP contribution in [-0.2, 0) is 0 Å². The molecule has 0 amide bonds. The van der Waals surface area contributed by atoms with Gasteiger partial charge in [-0.05, 0) is 38.4 Å². The lowest BCUT2D eigenvalue weighted by atomic mass is 10.2. The van der Waals surface area contributed by atoms with Crippen LogP contribution in [0.2, 0.25) is 0 Å². The third-order valence-corrected chi connectivity index (χ3v) is 3.28. The Labute approximate surface area is 124 Å². The SMILES string of the molecule is CN(C)CCNc1nc(-n2cccc2)nc2ccccc12. The largest absolute Gasteiger partial charge is 0.368 e. The molecule has 0 spiro atoms. The Hall–Kier alpha value is -2.40. The van der Waals surface area contributed by atoms with Crippen molar-refractivity contribution in [1.82, 2.24) is 19.4 Å². The number of hydrogen-bond acceptors (Lipinski definition) is 4. The second-order valence-corrected chi connectivity index (χ2v) is 5.21. The highest BCUT2D eigenvalue weighted by Gasteiger charge is 2.08. The Kier molecular flexibility index (Phi) is 3.83. The number of aromatic nitrogens is 3. The molecule has 108 valence electrons. The second kappa shape index (κ2) is 5.93. The van der Waals surface area contributed by atoms with Crippen molar-refractivity contribution in [2.45, 2.75) is 0 Å². The summed E-state index contributed by atoms with van der Waals surface area (Å²) >= 11 is 0. The first-order chi connectivity index (χ1) is 10.2. The molecule has 0 unspecified atom stereocenters.